The maximum atomic E-state index is 12.9. The van der Waals surface area contributed by atoms with Gasteiger partial charge in [0.25, 0.3) is 11.7 Å². The monoisotopic (exact) mass is 415 g/mol. The summed E-state index contributed by atoms with van der Waals surface area (Å²) >= 11 is 6.06. The molecule has 0 aliphatic carbocycles. The Hall–Kier alpha value is -2.99. The molecule has 2 aromatic carbocycles. The van der Waals surface area contributed by atoms with Crippen LogP contribution >= 0.6 is 11.6 Å². The van der Waals surface area contributed by atoms with E-state index in [1.165, 1.54) is 30.2 Å². The van der Waals surface area contributed by atoms with Crippen molar-refractivity contribution in [2.45, 2.75) is 25.8 Å². The number of likely N-dealkylation sites (tertiary alicyclic amines) is 1. The molecular formula is C22H22ClNO5. The summed E-state index contributed by atoms with van der Waals surface area (Å²) in [5.41, 5.74) is 0.828. The summed E-state index contributed by atoms with van der Waals surface area (Å²) in [6.07, 6.45) is 1.54. The molecule has 7 heteroatoms. The lowest BCUT2D eigenvalue weighted by Gasteiger charge is -2.25. The smallest absolute Gasteiger partial charge is 0.295 e. The van der Waals surface area contributed by atoms with Crippen LogP contribution in [0.5, 0.6) is 11.5 Å². The number of carbonyl (C=O) groups excluding carboxylic acids is 2. The molecule has 0 radical (unpaired) electrons. The number of aromatic hydroxyl groups is 1. The number of phenolic OH excluding ortho intramolecular Hbond substituents is 1. The number of halogens is 1. The van der Waals surface area contributed by atoms with Gasteiger partial charge < -0.3 is 19.8 Å². The zero-order chi connectivity index (χ0) is 21.1. The third kappa shape index (κ3) is 3.93. The lowest BCUT2D eigenvalue weighted by atomic mass is 9.95. The fourth-order valence-electron chi connectivity index (χ4n) is 3.44. The molecule has 0 saturated carbocycles. The molecule has 0 bridgehead atoms. The van der Waals surface area contributed by atoms with Crippen LogP contribution in [0.25, 0.3) is 5.76 Å². The van der Waals surface area contributed by atoms with Crippen molar-refractivity contribution in [3.05, 3.63) is 64.2 Å². The molecule has 3 rings (SSSR count). The van der Waals surface area contributed by atoms with Crippen molar-refractivity contribution in [2.24, 2.45) is 0 Å². The van der Waals surface area contributed by atoms with E-state index in [9.17, 15) is 19.8 Å². The molecule has 1 fully saturated rings. The average molecular weight is 416 g/mol. The molecule has 1 aliphatic rings. The van der Waals surface area contributed by atoms with Gasteiger partial charge in [0.1, 0.15) is 17.3 Å². The van der Waals surface area contributed by atoms with Gasteiger partial charge in [-0.15, -0.1) is 0 Å². The number of aliphatic hydroxyl groups excluding tert-OH is 1. The Kier molecular flexibility index (Phi) is 6.13. The van der Waals surface area contributed by atoms with Crippen molar-refractivity contribution in [3.63, 3.8) is 0 Å². The molecule has 0 spiro atoms. The fraction of sp³-hybridized carbons (Fsp3) is 0.273. The maximum absolute atomic E-state index is 12.9. The molecule has 1 aliphatic heterocycles. The minimum absolute atomic E-state index is 0.0109. The van der Waals surface area contributed by atoms with E-state index in [0.717, 1.165) is 6.42 Å². The molecule has 1 atom stereocenters. The molecule has 1 heterocycles. The van der Waals surface area contributed by atoms with Crippen LogP contribution in [0.2, 0.25) is 5.02 Å². The van der Waals surface area contributed by atoms with Crippen LogP contribution in [0.3, 0.4) is 0 Å². The molecule has 29 heavy (non-hydrogen) atoms. The number of amides is 1. The highest BCUT2D eigenvalue weighted by molar-refractivity contribution is 6.46. The van der Waals surface area contributed by atoms with Crippen LogP contribution in [0.15, 0.2) is 48.0 Å². The Morgan fingerprint density at radius 1 is 1.21 bits per heavy atom. The molecule has 2 aromatic rings. The summed E-state index contributed by atoms with van der Waals surface area (Å²) in [4.78, 5) is 27.0. The Morgan fingerprint density at radius 2 is 1.97 bits per heavy atom. The van der Waals surface area contributed by atoms with Crippen molar-refractivity contribution in [1.82, 2.24) is 4.90 Å². The molecule has 1 amide bonds. The van der Waals surface area contributed by atoms with E-state index in [1.807, 2.05) is 6.92 Å². The summed E-state index contributed by atoms with van der Waals surface area (Å²) in [5.74, 6) is -1.40. The van der Waals surface area contributed by atoms with Crippen LogP contribution in [-0.4, -0.2) is 40.5 Å². The standard InChI is InChI=1S/C22H22ClNO5/c1-3-4-10-24-19(13-6-5-7-15(25)11-13)18(21(27)22(24)28)20(26)14-8-9-16(23)17(12-14)29-2/h5-9,11-12,19,25-26H,3-4,10H2,1-2H3/b20-18-. The molecule has 1 unspecified atom stereocenters. The maximum Gasteiger partial charge on any atom is 0.295 e. The minimum atomic E-state index is -0.796. The summed E-state index contributed by atoms with van der Waals surface area (Å²) in [7, 11) is 1.45. The van der Waals surface area contributed by atoms with Gasteiger partial charge in [-0.05, 0) is 42.3 Å². The van der Waals surface area contributed by atoms with E-state index in [1.54, 1.807) is 24.3 Å². The number of nitrogens with zero attached hydrogens (tertiary/aromatic N) is 1. The summed E-state index contributed by atoms with van der Waals surface area (Å²) in [5, 5.41) is 21.3. The number of hydrogen-bond donors (Lipinski definition) is 2. The number of methoxy groups -OCH3 is 1. The Bertz CT molecular complexity index is 985. The minimum Gasteiger partial charge on any atom is -0.508 e. The number of rotatable bonds is 6. The van der Waals surface area contributed by atoms with Crippen LogP contribution < -0.4 is 4.74 Å². The topological polar surface area (TPSA) is 87.1 Å². The molecular weight excluding hydrogens is 394 g/mol. The number of unbranched alkanes of at least 4 members (excludes halogenated alkanes) is 1. The number of Topliss-reactive ketones (excluding diaryl/α,β-unsaturated/α-hetero) is 1. The highest BCUT2D eigenvalue weighted by Gasteiger charge is 2.45. The third-order valence-corrected chi connectivity index (χ3v) is 5.22. The van der Waals surface area contributed by atoms with E-state index in [0.29, 0.717) is 34.9 Å². The van der Waals surface area contributed by atoms with Crippen LogP contribution in [0.4, 0.5) is 0 Å². The number of ketones is 1. The van der Waals surface area contributed by atoms with E-state index in [4.69, 9.17) is 16.3 Å². The Morgan fingerprint density at radius 3 is 2.62 bits per heavy atom. The van der Waals surface area contributed by atoms with Crippen LogP contribution in [-0.2, 0) is 9.59 Å². The highest BCUT2D eigenvalue weighted by Crippen LogP contribution is 2.41. The summed E-state index contributed by atoms with van der Waals surface area (Å²) in [6.45, 7) is 2.35. The molecule has 152 valence electrons. The fourth-order valence-corrected chi connectivity index (χ4v) is 3.64. The van der Waals surface area contributed by atoms with E-state index in [-0.39, 0.29) is 17.1 Å². The molecule has 2 N–H and O–H groups in total. The first-order valence-electron chi connectivity index (χ1n) is 9.30. The van der Waals surface area contributed by atoms with Crippen molar-refractivity contribution in [2.75, 3.05) is 13.7 Å². The summed E-state index contributed by atoms with van der Waals surface area (Å²) < 4.78 is 5.19. The first kappa shape index (κ1) is 20.7. The quantitative estimate of drug-likeness (QED) is 0.418. The van der Waals surface area contributed by atoms with E-state index in [2.05, 4.69) is 0 Å². The largest absolute Gasteiger partial charge is 0.508 e. The van der Waals surface area contributed by atoms with Crippen molar-refractivity contribution in [3.8, 4) is 11.5 Å². The second-order valence-electron chi connectivity index (χ2n) is 6.79. The number of phenols is 1. The van der Waals surface area contributed by atoms with Crippen LogP contribution in [0, 0.1) is 0 Å². The molecule has 6 nitrogen and oxygen atoms in total. The first-order valence-corrected chi connectivity index (χ1v) is 9.68. The summed E-state index contributed by atoms with van der Waals surface area (Å²) in [6, 6.07) is 10.2. The van der Waals surface area contributed by atoms with Gasteiger partial charge in [0.05, 0.1) is 23.7 Å². The number of carbonyl (C=O) groups is 2. The van der Waals surface area contributed by atoms with Gasteiger partial charge in [0.15, 0.2) is 0 Å². The van der Waals surface area contributed by atoms with Crippen molar-refractivity contribution in [1.29, 1.82) is 0 Å². The van der Waals surface area contributed by atoms with Gasteiger partial charge in [0.2, 0.25) is 0 Å². The number of aliphatic hydroxyl groups is 1. The van der Waals surface area contributed by atoms with Gasteiger partial charge >= 0.3 is 0 Å². The second kappa shape index (κ2) is 8.57. The second-order valence-corrected chi connectivity index (χ2v) is 7.20. The number of ether oxygens (including phenoxy) is 1. The Labute approximate surface area is 174 Å². The van der Waals surface area contributed by atoms with Crippen molar-refractivity contribution >= 4 is 29.1 Å². The molecule has 1 saturated heterocycles. The predicted octanol–water partition coefficient (Wildman–Crippen LogP) is 4.28. The van der Waals surface area contributed by atoms with Crippen molar-refractivity contribution < 1.29 is 24.5 Å². The number of benzene rings is 2. The van der Waals surface area contributed by atoms with Gasteiger partial charge in [-0.25, -0.2) is 0 Å². The Balaban J connectivity index is 2.18. The molecule has 0 aromatic heterocycles. The van der Waals surface area contributed by atoms with Gasteiger partial charge in [-0.1, -0.05) is 37.1 Å². The van der Waals surface area contributed by atoms with Gasteiger partial charge in [-0.3, -0.25) is 9.59 Å². The average Bonchev–Trinajstić information content (AvgIpc) is 2.96. The van der Waals surface area contributed by atoms with Crippen LogP contribution in [0.1, 0.15) is 36.9 Å². The van der Waals surface area contributed by atoms with E-state index >= 15 is 0 Å². The number of hydrogen-bond acceptors (Lipinski definition) is 5. The zero-order valence-corrected chi connectivity index (χ0v) is 16.9. The predicted molar refractivity (Wildman–Crippen MR) is 110 cm³/mol. The zero-order valence-electron chi connectivity index (χ0n) is 16.2. The third-order valence-electron chi connectivity index (χ3n) is 4.90. The van der Waals surface area contributed by atoms with Gasteiger partial charge in [-0.2, -0.15) is 0 Å². The van der Waals surface area contributed by atoms with Gasteiger partial charge in [0, 0.05) is 12.1 Å². The SMILES string of the molecule is CCCCN1C(=O)C(=O)/C(=C(\O)c2ccc(Cl)c(OC)c2)C1c1cccc(O)c1. The highest BCUT2D eigenvalue weighted by atomic mass is 35.5. The normalized spacial score (nSPS) is 18.3. The lowest BCUT2D eigenvalue weighted by molar-refractivity contribution is -0.139. The first-order chi connectivity index (χ1) is 13.9. The lowest BCUT2D eigenvalue weighted by Crippen LogP contribution is -2.30. The van der Waals surface area contributed by atoms with E-state index < -0.39 is 17.7 Å².